The molecule has 0 aromatic carbocycles. The summed E-state index contributed by atoms with van der Waals surface area (Å²) in [5.74, 6) is 0.345. The van der Waals surface area contributed by atoms with E-state index in [0.29, 0.717) is 12.4 Å². The highest BCUT2D eigenvalue weighted by molar-refractivity contribution is 6.31. The Morgan fingerprint density at radius 2 is 2.06 bits per heavy atom. The van der Waals surface area contributed by atoms with Crippen molar-refractivity contribution in [1.82, 2.24) is 4.98 Å². The summed E-state index contributed by atoms with van der Waals surface area (Å²) in [6.45, 7) is 5.61. The number of nitrogens with zero attached hydrogens (tertiary/aromatic N) is 2. The highest BCUT2D eigenvalue weighted by Crippen LogP contribution is 2.38. The molecule has 2 rings (SSSR count). The van der Waals surface area contributed by atoms with E-state index in [1.165, 1.54) is 0 Å². The first-order chi connectivity index (χ1) is 8.19. The molecule has 2 nitrogen and oxygen atoms in total. The molecule has 1 aromatic heterocycles. The standard InChI is InChI=1S/C12H14ClF3N2/c1-11(2)3-4-18(7-11)10-5-8(12(14,15)16)9(13)6-17-10/h5-6H,3-4,7H2,1-2H3. The number of pyridine rings is 1. The molecule has 1 aliphatic rings. The molecule has 0 aliphatic carbocycles. The molecule has 0 amide bonds. The van der Waals surface area contributed by atoms with Crippen LogP contribution in [0.5, 0.6) is 0 Å². The number of alkyl halides is 3. The van der Waals surface area contributed by atoms with Crippen molar-refractivity contribution in [3.05, 3.63) is 22.8 Å². The number of anilines is 1. The molecule has 1 saturated heterocycles. The summed E-state index contributed by atoms with van der Waals surface area (Å²) in [5, 5.41) is -0.357. The van der Waals surface area contributed by atoms with Gasteiger partial charge in [-0.1, -0.05) is 25.4 Å². The summed E-state index contributed by atoms with van der Waals surface area (Å²) in [4.78, 5) is 5.86. The maximum atomic E-state index is 12.7. The minimum atomic E-state index is -4.44. The molecule has 0 atom stereocenters. The van der Waals surface area contributed by atoms with Crippen molar-refractivity contribution >= 4 is 17.4 Å². The second-order valence-corrected chi connectivity index (χ2v) is 5.76. The SMILES string of the molecule is CC1(C)CCN(c2cc(C(F)(F)F)c(Cl)cn2)C1. The molecule has 100 valence electrons. The Morgan fingerprint density at radius 1 is 1.39 bits per heavy atom. The van der Waals surface area contributed by atoms with E-state index >= 15 is 0 Å². The van der Waals surface area contributed by atoms with Gasteiger partial charge in [-0.15, -0.1) is 0 Å². The summed E-state index contributed by atoms with van der Waals surface area (Å²) in [7, 11) is 0. The van der Waals surface area contributed by atoms with E-state index in [-0.39, 0.29) is 10.4 Å². The van der Waals surface area contributed by atoms with E-state index in [1.54, 1.807) is 0 Å². The van der Waals surface area contributed by atoms with Crippen LogP contribution in [0, 0.1) is 5.41 Å². The first-order valence-electron chi connectivity index (χ1n) is 5.67. The normalized spacial score (nSPS) is 19.3. The van der Waals surface area contributed by atoms with Crippen LogP contribution >= 0.6 is 11.6 Å². The molecule has 0 saturated carbocycles. The van der Waals surface area contributed by atoms with E-state index in [1.807, 2.05) is 4.90 Å². The maximum absolute atomic E-state index is 12.7. The van der Waals surface area contributed by atoms with Gasteiger partial charge in [-0.3, -0.25) is 0 Å². The summed E-state index contributed by atoms with van der Waals surface area (Å²) in [6, 6.07) is 1.03. The van der Waals surface area contributed by atoms with Crippen molar-refractivity contribution in [1.29, 1.82) is 0 Å². The number of hydrogen-bond acceptors (Lipinski definition) is 2. The van der Waals surface area contributed by atoms with Gasteiger partial charge in [0.05, 0.1) is 10.6 Å². The van der Waals surface area contributed by atoms with Crippen molar-refractivity contribution in [2.75, 3.05) is 18.0 Å². The Morgan fingerprint density at radius 3 is 2.56 bits per heavy atom. The topological polar surface area (TPSA) is 16.1 Å². The van der Waals surface area contributed by atoms with E-state index < -0.39 is 11.7 Å². The third kappa shape index (κ3) is 2.71. The van der Waals surface area contributed by atoms with Gasteiger partial charge in [0.25, 0.3) is 0 Å². The zero-order chi connectivity index (χ0) is 13.6. The lowest BCUT2D eigenvalue weighted by molar-refractivity contribution is -0.137. The third-order valence-electron chi connectivity index (χ3n) is 3.15. The molecular formula is C12H14ClF3N2. The van der Waals surface area contributed by atoms with Gasteiger partial charge in [-0.25, -0.2) is 4.98 Å². The molecule has 0 spiro atoms. The van der Waals surface area contributed by atoms with Gasteiger partial charge in [0, 0.05) is 19.3 Å². The van der Waals surface area contributed by atoms with E-state index in [9.17, 15) is 13.2 Å². The zero-order valence-corrected chi connectivity index (χ0v) is 10.9. The Kier molecular flexibility index (Phi) is 3.21. The third-order valence-corrected chi connectivity index (χ3v) is 3.45. The van der Waals surface area contributed by atoms with E-state index in [0.717, 1.165) is 25.2 Å². The average molecular weight is 279 g/mol. The number of halogens is 4. The summed E-state index contributed by atoms with van der Waals surface area (Å²) in [5.41, 5.74) is -0.710. The van der Waals surface area contributed by atoms with Gasteiger partial charge in [0.1, 0.15) is 5.82 Å². The second-order valence-electron chi connectivity index (χ2n) is 5.36. The molecule has 18 heavy (non-hydrogen) atoms. The van der Waals surface area contributed by atoms with Crippen LogP contribution in [0.1, 0.15) is 25.8 Å². The van der Waals surface area contributed by atoms with Crippen molar-refractivity contribution in [2.45, 2.75) is 26.4 Å². The molecule has 1 aliphatic heterocycles. The van der Waals surface area contributed by atoms with Crippen molar-refractivity contribution < 1.29 is 13.2 Å². The van der Waals surface area contributed by atoms with E-state index in [2.05, 4.69) is 18.8 Å². The molecular weight excluding hydrogens is 265 g/mol. The zero-order valence-electron chi connectivity index (χ0n) is 10.2. The predicted molar refractivity (Wildman–Crippen MR) is 64.9 cm³/mol. The Bertz CT molecular complexity index is 457. The average Bonchev–Trinajstić information content (AvgIpc) is 2.58. The molecule has 2 heterocycles. The lowest BCUT2D eigenvalue weighted by Crippen LogP contribution is -2.24. The highest BCUT2D eigenvalue weighted by atomic mass is 35.5. The number of rotatable bonds is 1. The minimum absolute atomic E-state index is 0.111. The van der Waals surface area contributed by atoms with Gasteiger partial charge in [-0.05, 0) is 17.9 Å². The molecule has 0 radical (unpaired) electrons. The molecule has 6 heteroatoms. The lowest BCUT2D eigenvalue weighted by atomic mass is 9.93. The fourth-order valence-electron chi connectivity index (χ4n) is 2.13. The van der Waals surface area contributed by atoms with Crippen LogP contribution < -0.4 is 4.90 Å². The molecule has 0 N–H and O–H groups in total. The molecule has 0 unspecified atom stereocenters. The van der Waals surface area contributed by atoms with Gasteiger partial charge in [0.15, 0.2) is 0 Å². The molecule has 0 bridgehead atoms. The first-order valence-corrected chi connectivity index (χ1v) is 6.04. The highest BCUT2D eigenvalue weighted by Gasteiger charge is 2.35. The second kappa shape index (κ2) is 4.30. The van der Waals surface area contributed by atoms with Gasteiger partial charge < -0.3 is 4.90 Å². The number of hydrogen-bond donors (Lipinski definition) is 0. The predicted octanol–water partition coefficient (Wildman–Crippen LogP) is 3.99. The van der Waals surface area contributed by atoms with Crippen LogP contribution in [0.25, 0.3) is 0 Å². The van der Waals surface area contributed by atoms with Crippen LogP contribution in [-0.2, 0) is 6.18 Å². The van der Waals surface area contributed by atoms with E-state index in [4.69, 9.17) is 11.6 Å². The Balaban J connectivity index is 2.31. The Hall–Kier alpha value is -0.970. The summed E-state index contributed by atoms with van der Waals surface area (Å²) >= 11 is 5.54. The number of aromatic nitrogens is 1. The van der Waals surface area contributed by atoms with Gasteiger partial charge >= 0.3 is 6.18 Å². The maximum Gasteiger partial charge on any atom is 0.418 e. The van der Waals surface area contributed by atoms with Crippen LogP contribution in [-0.4, -0.2) is 18.1 Å². The van der Waals surface area contributed by atoms with Crippen LogP contribution in [0.3, 0.4) is 0 Å². The fraction of sp³-hybridized carbons (Fsp3) is 0.583. The summed E-state index contributed by atoms with van der Waals surface area (Å²) in [6.07, 6.45) is -2.42. The smallest absolute Gasteiger partial charge is 0.356 e. The lowest BCUT2D eigenvalue weighted by Gasteiger charge is -2.21. The Labute approximate surface area is 109 Å². The molecule has 1 fully saturated rings. The van der Waals surface area contributed by atoms with Gasteiger partial charge in [-0.2, -0.15) is 13.2 Å². The largest absolute Gasteiger partial charge is 0.418 e. The van der Waals surface area contributed by atoms with Crippen LogP contribution in [0.2, 0.25) is 5.02 Å². The van der Waals surface area contributed by atoms with Crippen LogP contribution in [0.15, 0.2) is 12.3 Å². The van der Waals surface area contributed by atoms with Crippen molar-refractivity contribution in [2.24, 2.45) is 5.41 Å². The summed E-state index contributed by atoms with van der Waals surface area (Å²) < 4.78 is 38.2. The van der Waals surface area contributed by atoms with Crippen molar-refractivity contribution in [3.8, 4) is 0 Å². The van der Waals surface area contributed by atoms with Crippen LogP contribution in [0.4, 0.5) is 19.0 Å². The molecule has 1 aromatic rings. The minimum Gasteiger partial charge on any atom is -0.356 e. The van der Waals surface area contributed by atoms with Crippen molar-refractivity contribution in [3.63, 3.8) is 0 Å². The monoisotopic (exact) mass is 278 g/mol. The fourth-order valence-corrected chi connectivity index (χ4v) is 2.34. The van der Waals surface area contributed by atoms with Gasteiger partial charge in [0.2, 0.25) is 0 Å². The quantitative estimate of drug-likeness (QED) is 0.772. The first kappa shape index (κ1) is 13.5.